The van der Waals surface area contributed by atoms with Gasteiger partial charge in [-0.3, -0.25) is 4.79 Å². The normalized spacial score (nSPS) is 10.0. The Labute approximate surface area is 91.4 Å². The zero-order chi connectivity index (χ0) is 11.4. The third kappa shape index (κ3) is 3.28. The fourth-order valence-electron chi connectivity index (χ4n) is 1.04. The number of benzene rings is 1. The minimum atomic E-state index is -0.574. The van der Waals surface area contributed by atoms with E-state index in [2.05, 4.69) is 5.32 Å². The molecule has 82 valence electrons. The van der Waals surface area contributed by atoms with Crippen molar-refractivity contribution in [3.63, 3.8) is 0 Å². The summed E-state index contributed by atoms with van der Waals surface area (Å²) in [6.07, 6.45) is 0.175. The van der Waals surface area contributed by atoms with Crippen molar-refractivity contribution in [1.29, 1.82) is 0 Å². The Hall–Kier alpha value is -1.49. The first-order chi connectivity index (χ1) is 7.00. The first kappa shape index (κ1) is 11.6. The van der Waals surface area contributed by atoms with Gasteiger partial charge >= 0.3 is 0 Å². The second kappa shape index (κ2) is 4.84. The molecule has 1 amide bonds. The number of nitrogens with one attached hydrogen (secondary N) is 1. The monoisotopic (exact) mass is 231 g/mol. The fraction of sp³-hybridized carbons (Fsp3) is 0.222. The summed E-state index contributed by atoms with van der Waals surface area (Å²) in [5.74, 6) is -0.996. The maximum atomic E-state index is 12.9. The Kier molecular flexibility index (Phi) is 3.74. The molecule has 15 heavy (non-hydrogen) atoms. The van der Waals surface area contributed by atoms with Crippen LogP contribution in [0.4, 0.5) is 15.8 Å². The summed E-state index contributed by atoms with van der Waals surface area (Å²) in [5.41, 5.74) is 11.2. The van der Waals surface area contributed by atoms with E-state index in [0.29, 0.717) is 12.2 Å². The van der Waals surface area contributed by atoms with E-state index in [1.807, 2.05) is 0 Å². The highest BCUT2D eigenvalue weighted by Crippen LogP contribution is 2.25. The minimum absolute atomic E-state index is 0.0224. The molecule has 0 spiro atoms. The molecule has 0 radical (unpaired) electrons. The second-order valence-electron chi connectivity index (χ2n) is 3.00. The van der Waals surface area contributed by atoms with E-state index in [1.165, 1.54) is 6.07 Å². The Bertz CT molecular complexity index is 384. The van der Waals surface area contributed by atoms with Gasteiger partial charge in [0.2, 0.25) is 5.91 Å². The molecule has 0 heterocycles. The number of primary amides is 1. The lowest BCUT2D eigenvalue weighted by atomic mass is 10.2. The lowest BCUT2D eigenvalue weighted by Crippen LogP contribution is -2.16. The van der Waals surface area contributed by atoms with Crippen molar-refractivity contribution >= 4 is 28.9 Å². The first-order valence-electron chi connectivity index (χ1n) is 4.27. The number of rotatable bonds is 4. The number of carbonyl (C=O) groups is 1. The van der Waals surface area contributed by atoms with Gasteiger partial charge < -0.3 is 16.8 Å². The van der Waals surface area contributed by atoms with Crippen LogP contribution in [-0.2, 0) is 4.79 Å². The van der Waals surface area contributed by atoms with Crippen molar-refractivity contribution in [1.82, 2.24) is 0 Å². The molecule has 1 rings (SSSR count). The molecule has 0 fully saturated rings. The van der Waals surface area contributed by atoms with Crippen LogP contribution in [-0.4, -0.2) is 12.5 Å². The van der Waals surface area contributed by atoms with Gasteiger partial charge in [-0.15, -0.1) is 0 Å². The smallest absolute Gasteiger partial charge is 0.219 e. The molecule has 0 unspecified atom stereocenters. The highest BCUT2D eigenvalue weighted by atomic mass is 35.5. The van der Waals surface area contributed by atoms with Crippen molar-refractivity contribution in [3.8, 4) is 0 Å². The van der Waals surface area contributed by atoms with Crippen LogP contribution in [0.3, 0.4) is 0 Å². The van der Waals surface area contributed by atoms with Crippen molar-refractivity contribution in [2.75, 3.05) is 17.6 Å². The molecular weight excluding hydrogens is 221 g/mol. The van der Waals surface area contributed by atoms with Crippen molar-refractivity contribution < 1.29 is 9.18 Å². The molecule has 1 aromatic carbocycles. The molecule has 1 aromatic rings. The van der Waals surface area contributed by atoms with E-state index in [-0.39, 0.29) is 17.1 Å². The number of amides is 1. The lowest BCUT2D eigenvalue weighted by Gasteiger charge is -2.09. The van der Waals surface area contributed by atoms with Gasteiger partial charge in [0.1, 0.15) is 5.82 Å². The van der Waals surface area contributed by atoms with E-state index in [0.717, 1.165) is 6.07 Å². The van der Waals surface area contributed by atoms with Crippen LogP contribution >= 0.6 is 11.6 Å². The van der Waals surface area contributed by atoms with Crippen LogP contribution in [0.15, 0.2) is 12.1 Å². The molecule has 0 bridgehead atoms. The van der Waals surface area contributed by atoms with Crippen molar-refractivity contribution in [3.05, 3.63) is 23.0 Å². The Morgan fingerprint density at radius 2 is 2.20 bits per heavy atom. The van der Waals surface area contributed by atoms with Gasteiger partial charge in [-0.25, -0.2) is 4.39 Å². The maximum Gasteiger partial charge on any atom is 0.219 e. The highest BCUT2D eigenvalue weighted by molar-refractivity contribution is 6.31. The van der Waals surface area contributed by atoms with Gasteiger partial charge in [0.15, 0.2) is 0 Å². The number of nitrogen functional groups attached to an aromatic ring is 1. The molecule has 0 saturated heterocycles. The summed E-state index contributed by atoms with van der Waals surface area (Å²) < 4.78 is 12.9. The number of anilines is 2. The average molecular weight is 232 g/mol. The number of nitrogens with two attached hydrogens (primary N) is 2. The standard InChI is InChI=1S/C9H11ClFN3O/c10-5-3-8(7(12)4-6(5)11)14-2-1-9(13)15/h3-4,14H,1-2,12H2,(H2,13,15). The number of carbonyl (C=O) groups excluding carboxylic acids is 1. The van der Waals surface area contributed by atoms with E-state index in [9.17, 15) is 9.18 Å². The average Bonchev–Trinajstić information content (AvgIpc) is 2.13. The summed E-state index contributed by atoms with van der Waals surface area (Å²) in [5, 5.41) is 2.81. The fourth-order valence-corrected chi connectivity index (χ4v) is 1.20. The van der Waals surface area contributed by atoms with Crippen molar-refractivity contribution in [2.24, 2.45) is 5.73 Å². The Morgan fingerprint density at radius 1 is 1.53 bits per heavy atom. The lowest BCUT2D eigenvalue weighted by molar-refractivity contribution is -0.117. The van der Waals surface area contributed by atoms with Crippen LogP contribution in [0.2, 0.25) is 5.02 Å². The van der Waals surface area contributed by atoms with Gasteiger partial charge in [-0.05, 0) is 6.07 Å². The van der Waals surface area contributed by atoms with Crippen LogP contribution in [0.25, 0.3) is 0 Å². The third-order valence-electron chi connectivity index (χ3n) is 1.78. The van der Waals surface area contributed by atoms with Crippen LogP contribution in [0.1, 0.15) is 6.42 Å². The zero-order valence-electron chi connectivity index (χ0n) is 7.89. The summed E-state index contributed by atoms with van der Waals surface area (Å²) in [6, 6.07) is 2.49. The maximum absolute atomic E-state index is 12.9. The molecule has 6 heteroatoms. The molecule has 0 aliphatic rings. The third-order valence-corrected chi connectivity index (χ3v) is 2.07. The molecule has 4 nitrogen and oxygen atoms in total. The summed E-state index contributed by atoms with van der Waals surface area (Å²) in [7, 11) is 0. The molecule has 0 saturated carbocycles. The van der Waals surface area contributed by atoms with E-state index in [4.69, 9.17) is 23.1 Å². The van der Waals surface area contributed by atoms with Gasteiger partial charge in [-0.1, -0.05) is 11.6 Å². The molecular formula is C9H11ClFN3O. The second-order valence-corrected chi connectivity index (χ2v) is 3.40. The van der Waals surface area contributed by atoms with E-state index >= 15 is 0 Å². The van der Waals surface area contributed by atoms with Crippen molar-refractivity contribution in [2.45, 2.75) is 6.42 Å². The van der Waals surface area contributed by atoms with Gasteiger partial charge in [0, 0.05) is 19.0 Å². The SMILES string of the molecule is NC(=O)CCNc1cc(Cl)c(F)cc1N. The topological polar surface area (TPSA) is 81.1 Å². The van der Waals surface area contributed by atoms with E-state index in [1.54, 1.807) is 0 Å². The first-order valence-corrected chi connectivity index (χ1v) is 4.65. The number of hydrogen-bond donors (Lipinski definition) is 3. The molecule has 0 atom stereocenters. The summed E-state index contributed by atoms with van der Waals surface area (Å²) >= 11 is 5.57. The predicted octanol–water partition coefficient (Wildman–Crippen LogP) is 1.35. The Balaban J connectivity index is 2.69. The van der Waals surface area contributed by atoms with Crippen LogP contribution in [0.5, 0.6) is 0 Å². The summed E-state index contributed by atoms with van der Waals surface area (Å²) in [6.45, 7) is 0.335. The molecule has 0 aliphatic carbocycles. The van der Waals surface area contributed by atoms with Gasteiger partial charge in [0.25, 0.3) is 0 Å². The van der Waals surface area contributed by atoms with Crippen LogP contribution < -0.4 is 16.8 Å². The zero-order valence-corrected chi connectivity index (χ0v) is 8.64. The minimum Gasteiger partial charge on any atom is -0.397 e. The number of halogens is 2. The number of hydrogen-bond acceptors (Lipinski definition) is 3. The van der Waals surface area contributed by atoms with E-state index < -0.39 is 11.7 Å². The van der Waals surface area contributed by atoms with Gasteiger partial charge in [-0.2, -0.15) is 0 Å². The van der Waals surface area contributed by atoms with Crippen LogP contribution in [0, 0.1) is 5.82 Å². The van der Waals surface area contributed by atoms with Gasteiger partial charge in [0.05, 0.1) is 16.4 Å². The largest absolute Gasteiger partial charge is 0.397 e. The molecule has 5 N–H and O–H groups in total. The quantitative estimate of drug-likeness (QED) is 0.684. The Morgan fingerprint density at radius 3 is 2.80 bits per heavy atom. The molecule has 0 aromatic heterocycles. The molecule has 0 aliphatic heterocycles. The highest BCUT2D eigenvalue weighted by Gasteiger charge is 2.05. The predicted molar refractivity (Wildman–Crippen MR) is 58.1 cm³/mol. The summed E-state index contributed by atoms with van der Waals surface area (Å²) in [4.78, 5) is 10.5.